The molecule has 1 saturated heterocycles. The number of aryl methyl sites for hydroxylation is 1. The number of benzene rings is 1. The van der Waals surface area contributed by atoms with Gasteiger partial charge in [-0.2, -0.15) is 0 Å². The zero-order valence-corrected chi connectivity index (χ0v) is 11.8. The minimum atomic E-state index is -0.512. The first-order chi connectivity index (χ1) is 8.93. The Bertz CT molecular complexity index is 471. The summed E-state index contributed by atoms with van der Waals surface area (Å²) in [6, 6.07) is 7.41. The molecule has 1 aromatic carbocycles. The van der Waals surface area contributed by atoms with Crippen LogP contribution in [0.3, 0.4) is 0 Å². The molecule has 1 amide bonds. The lowest BCUT2D eigenvalue weighted by Crippen LogP contribution is -2.46. The minimum absolute atomic E-state index is 0.0245. The molecule has 1 heterocycles. The van der Waals surface area contributed by atoms with Crippen molar-refractivity contribution in [2.45, 2.75) is 26.8 Å². The van der Waals surface area contributed by atoms with E-state index in [4.69, 9.17) is 0 Å². The van der Waals surface area contributed by atoms with E-state index in [1.54, 1.807) is 4.90 Å². The Morgan fingerprint density at radius 3 is 2.84 bits per heavy atom. The Morgan fingerprint density at radius 2 is 2.21 bits per heavy atom. The first-order valence-electron chi connectivity index (χ1n) is 6.65. The highest BCUT2D eigenvalue weighted by Gasteiger charge is 2.34. The number of amides is 1. The predicted molar refractivity (Wildman–Crippen MR) is 76.2 cm³/mol. The van der Waals surface area contributed by atoms with Crippen LogP contribution in [-0.2, 0) is 4.79 Å². The molecule has 104 valence electrons. The van der Waals surface area contributed by atoms with Crippen molar-refractivity contribution in [2.24, 2.45) is 5.41 Å². The summed E-state index contributed by atoms with van der Waals surface area (Å²) in [7, 11) is 0. The Balaban J connectivity index is 2.36. The lowest BCUT2D eigenvalue weighted by Gasteiger charge is -2.29. The molecule has 1 aliphatic rings. The smallest absolute Gasteiger partial charge is 0.246 e. The van der Waals surface area contributed by atoms with Crippen molar-refractivity contribution >= 4 is 11.6 Å². The van der Waals surface area contributed by atoms with Gasteiger partial charge >= 0.3 is 0 Å². The van der Waals surface area contributed by atoms with E-state index in [1.807, 2.05) is 31.2 Å². The molecule has 1 unspecified atom stereocenters. The van der Waals surface area contributed by atoms with Crippen LogP contribution >= 0.6 is 0 Å². The van der Waals surface area contributed by atoms with Gasteiger partial charge in [0, 0.05) is 18.8 Å². The fraction of sp³-hybridized carbons (Fsp3) is 0.533. The Labute approximate surface area is 114 Å². The Hall–Kier alpha value is -1.39. The highest BCUT2D eigenvalue weighted by atomic mass is 16.3. The maximum atomic E-state index is 12.5. The van der Waals surface area contributed by atoms with Gasteiger partial charge in [0.2, 0.25) is 5.91 Å². The minimum Gasteiger partial charge on any atom is -0.394 e. The number of carbonyl (C=O) groups is 1. The third kappa shape index (κ3) is 3.14. The molecule has 4 nitrogen and oxygen atoms in total. The Kier molecular flexibility index (Phi) is 3.92. The summed E-state index contributed by atoms with van der Waals surface area (Å²) in [4.78, 5) is 14.3. The van der Waals surface area contributed by atoms with Gasteiger partial charge in [-0.1, -0.05) is 26.0 Å². The summed E-state index contributed by atoms with van der Waals surface area (Å²) in [6.45, 7) is 7.45. The molecule has 1 aromatic rings. The molecule has 1 atom stereocenters. The van der Waals surface area contributed by atoms with Crippen molar-refractivity contribution in [3.63, 3.8) is 0 Å². The normalized spacial score (nSPS) is 23.3. The topological polar surface area (TPSA) is 52.6 Å². The summed E-state index contributed by atoms with van der Waals surface area (Å²) in [5.41, 5.74) is 2.00. The SMILES string of the molecule is Cc1cccc(N2CC(C)(C)CNC(CO)C2=O)c1. The van der Waals surface area contributed by atoms with E-state index in [1.165, 1.54) is 0 Å². The summed E-state index contributed by atoms with van der Waals surface area (Å²) in [6.07, 6.45) is 0. The number of aliphatic hydroxyl groups is 1. The van der Waals surface area contributed by atoms with Crippen LogP contribution in [0.4, 0.5) is 5.69 Å². The molecule has 19 heavy (non-hydrogen) atoms. The maximum Gasteiger partial charge on any atom is 0.246 e. The van der Waals surface area contributed by atoms with Gasteiger partial charge < -0.3 is 15.3 Å². The van der Waals surface area contributed by atoms with E-state index in [9.17, 15) is 9.90 Å². The van der Waals surface area contributed by atoms with Crippen LogP contribution in [0, 0.1) is 12.3 Å². The summed E-state index contributed by atoms with van der Waals surface area (Å²) < 4.78 is 0. The van der Waals surface area contributed by atoms with Crippen LogP contribution in [0.1, 0.15) is 19.4 Å². The molecule has 0 saturated carbocycles. The second kappa shape index (κ2) is 5.31. The fourth-order valence-corrected chi connectivity index (χ4v) is 2.39. The molecule has 0 radical (unpaired) electrons. The second-order valence-electron chi connectivity index (χ2n) is 6.04. The quantitative estimate of drug-likeness (QED) is 0.845. The van der Waals surface area contributed by atoms with E-state index in [2.05, 4.69) is 19.2 Å². The van der Waals surface area contributed by atoms with Crippen LogP contribution in [0.25, 0.3) is 0 Å². The number of carbonyl (C=O) groups excluding carboxylic acids is 1. The zero-order chi connectivity index (χ0) is 14.0. The van der Waals surface area contributed by atoms with Crippen molar-refractivity contribution in [3.8, 4) is 0 Å². The zero-order valence-electron chi connectivity index (χ0n) is 11.8. The van der Waals surface area contributed by atoms with Crippen molar-refractivity contribution < 1.29 is 9.90 Å². The number of hydrogen-bond acceptors (Lipinski definition) is 3. The monoisotopic (exact) mass is 262 g/mol. The van der Waals surface area contributed by atoms with Gasteiger partial charge in [0.15, 0.2) is 0 Å². The van der Waals surface area contributed by atoms with E-state index in [-0.39, 0.29) is 17.9 Å². The van der Waals surface area contributed by atoms with E-state index >= 15 is 0 Å². The van der Waals surface area contributed by atoms with Crippen LogP contribution in [0.5, 0.6) is 0 Å². The first kappa shape index (κ1) is 14.0. The predicted octanol–water partition coefficient (Wildman–Crippen LogP) is 1.32. The molecule has 1 aliphatic heterocycles. The van der Waals surface area contributed by atoms with Gasteiger partial charge in [0.05, 0.1) is 6.61 Å². The first-order valence-corrected chi connectivity index (χ1v) is 6.65. The van der Waals surface area contributed by atoms with Gasteiger partial charge in [-0.05, 0) is 30.0 Å². The molecule has 0 bridgehead atoms. The summed E-state index contributed by atoms with van der Waals surface area (Å²) in [5, 5.41) is 12.5. The molecule has 4 heteroatoms. The van der Waals surface area contributed by atoms with Crippen molar-refractivity contribution in [3.05, 3.63) is 29.8 Å². The van der Waals surface area contributed by atoms with Crippen LogP contribution < -0.4 is 10.2 Å². The van der Waals surface area contributed by atoms with Crippen molar-refractivity contribution in [2.75, 3.05) is 24.6 Å². The molecule has 2 rings (SSSR count). The van der Waals surface area contributed by atoms with Gasteiger partial charge in [-0.3, -0.25) is 4.79 Å². The van der Waals surface area contributed by atoms with E-state index < -0.39 is 6.04 Å². The van der Waals surface area contributed by atoms with Crippen molar-refractivity contribution in [1.82, 2.24) is 5.32 Å². The highest BCUT2D eigenvalue weighted by molar-refractivity contribution is 5.97. The van der Waals surface area contributed by atoms with Crippen LogP contribution in [0.15, 0.2) is 24.3 Å². The molecular formula is C15H22N2O2. The van der Waals surface area contributed by atoms with E-state index in [0.717, 1.165) is 11.3 Å². The Morgan fingerprint density at radius 1 is 1.47 bits per heavy atom. The molecular weight excluding hydrogens is 240 g/mol. The lowest BCUT2D eigenvalue weighted by atomic mass is 9.93. The summed E-state index contributed by atoms with van der Waals surface area (Å²) >= 11 is 0. The number of hydrogen-bond donors (Lipinski definition) is 2. The largest absolute Gasteiger partial charge is 0.394 e. The second-order valence-corrected chi connectivity index (χ2v) is 6.04. The third-order valence-electron chi connectivity index (χ3n) is 3.47. The molecule has 0 aromatic heterocycles. The molecule has 0 spiro atoms. The highest BCUT2D eigenvalue weighted by Crippen LogP contribution is 2.25. The number of rotatable bonds is 2. The van der Waals surface area contributed by atoms with Gasteiger partial charge in [0.25, 0.3) is 0 Å². The summed E-state index contributed by atoms with van der Waals surface area (Å²) in [5.74, 6) is -0.0568. The number of anilines is 1. The van der Waals surface area contributed by atoms with Gasteiger partial charge in [-0.25, -0.2) is 0 Å². The molecule has 2 N–H and O–H groups in total. The fourth-order valence-electron chi connectivity index (χ4n) is 2.39. The average Bonchev–Trinajstić information content (AvgIpc) is 2.47. The standard InChI is InChI=1S/C15H22N2O2/c1-11-5-4-6-12(7-11)17-10-15(2,3)9-16-13(8-18)14(17)19/h4-7,13,16,18H,8-10H2,1-3H3. The van der Waals surface area contributed by atoms with Gasteiger partial charge in [0.1, 0.15) is 6.04 Å². The molecule has 1 fully saturated rings. The van der Waals surface area contributed by atoms with E-state index in [0.29, 0.717) is 13.1 Å². The maximum absolute atomic E-state index is 12.5. The van der Waals surface area contributed by atoms with Gasteiger partial charge in [-0.15, -0.1) is 0 Å². The number of aliphatic hydroxyl groups excluding tert-OH is 1. The van der Waals surface area contributed by atoms with Crippen molar-refractivity contribution in [1.29, 1.82) is 0 Å². The van der Waals surface area contributed by atoms with Crippen LogP contribution in [-0.4, -0.2) is 36.8 Å². The average molecular weight is 262 g/mol. The number of nitrogens with zero attached hydrogens (tertiary/aromatic N) is 1. The third-order valence-corrected chi connectivity index (χ3v) is 3.47. The lowest BCUT2D eigenvalue weighted by molar-refractivity contribution is -0.121. The molecule has 0 aliphatic carbocycles. The van der Waals surface area contributed by atoms with Crippen LogP contribution in [0.2, 0.25) is 0 Å². The number of nitrogens with one attached hydrogen (secondary N) is 1.